The maximum Gasteiger partial charge on any atom is 0.0357 e. The Bertz CT molecular complexity index is 115. The Kier molecular flexibility index (Phi) is 14.5. The molecule has 1 aliphatic rings. The van der Waals surface area contributed by atoms with Crippen LogP contribution in [0.3, 0.4) is 0 Å². The van der Waals surface area contributed by atoms with E-state index in [0.717, 1.165) is 12.3 Å². The third kappa shape index (κ3) is 11.6. The summed E-state index contributed by atoms with van der Waals surface area (Å²) >= 11 is 0. The molecular formula is C12H28N2. The molecule has 1 N–H and O–H groups in total. The van der Waals surface area contributed by atoms with E-state index in [2.05, 4.69) is 18.7 Å². The molecule has 1 rings (SSSR count). The number of likely N-dealkylation sites (tertiary alicyclic amines) is 1. The summed E-state index contributed by atoms with van der Waals surface area (Å²) in [6.45, 7) is 13.4. The van der Waals surface area contributed by atoms with Crippen LogP contribution < -0.4 is 0 Å². The lowest BCUT2D eigenvalue weighted by Crippen LogP contribution is -2.24. The van der Waals surface area contributed by atoms with Crippen LogP contribution in [-0.2, 0) is 0 Å². The summed E-state index contributed by atoms with van der Waals surface area (Å²) in [5, 5.41) is 7.22. The van der Waals surface area contributed by atoms with Crippen molar-refractivity contribution in [1.29, 1.82) is 5.41 Å². The summed E-state index contributed by atoms with van der Waals surface area (Å²) in [7, 11) is 0. The van der Waals surface area contributed by atoms with E-state index >= 15 is 0 Å². The van der Waals surface area contributed by atoms with Crippen LogP contribution in [0.5, 0.6) is 0 Å². The van der Waals surface area contributed by atoms with Crippen LogP contribution in [0.2, 0.25) is 0 Å². The second-order valence-corrected chi connectivity index (χ2v) is 3.47. The van der Waals surface area contributed by atoms with Gasteiger partial charge in [0.1, 0.15) is 0 Å². The maximum absolute atomic E-state index is 7.22. The van der Waals surface area contributed by atoms with Crippen LogP contribution in [0, 0.1) is 5.41 Å². The van der Waals surface area contributed by atoms with E-state index in [1.165, 1.54) is 32.4 Å². The molecule has 0 aliphatic carbocycles. The molecule has 1 aliphatic heterocycles. The van der Waals surface area contributed by atoms with Gasteiger partial charge in [-0.05, 0) is 32.9 Å². The number of hydrogen-bond acceptors (Lipinski definition) is 2. The van der Waals surface area contributed by atoms with Gasteiger partial charge in [0.25, 0.3) is 0 Å². The van der Waals surface area contributed by atoms with Crippen molar-refractivity contribution >= 4 is 5.71 Å². The molecule has 0 aromatic heterocycles. The lowest BCUT2D eigenvalue weighted by molar-refractivity contribution is 0.387. The molecule has 2 nitrogen and oxygen atoms in total. The molecule has 0 radical (unpaired) electrons. The van der Waals surface area contributed by atoms with Gasteiger partial charge in [-0.15, -0.1) is 0 Å². The first-order valence-electron chi connectivity index (χ1n) is 5.97. The van der Waals surface area contributed by atoms with Gasteiger partial charge in [0.2, 0.25) is 0 Å². The summed E-state index contributed by atoms with van der Waals surface area (Å²) in [6, 6.07) is 0. The Morgan fingerprint density at radius 1 is 1.14 bits per heavy atom. The zero-order valence-electron chi connectivity index (χ0n) is 10.7. The Labute approximate surface area is 90.2 Å². The fourth-order valence-electron chi connectivity index (χ4n) is 1.28. The van der Waals surface area contributed by atoms with Crippen LogP contribution in [0.1, 0.15) is 53.9 Å². The van der Waals surface area contributed by atoms with Crippen LogP contribution in [0.25, 0.3) is 0 Å². The molecule has 1 fully saturated rings. The first kappa shape index (κ1) is 16.1. The summed E-state index contributed by atoms with van der Waals surface area (Å²) < 4.78 is 0. The highest BCUT2D eigenvalue weighted by Crippen LogP contribution is 2.05. The molecule has 86 valence electrons. The monoisotopic (exact) mass is 200 g/mol. The minimum Gasteiger partial charge on any atom is -0.309 e. The number of rotatable bonds is 2. The van der Waals surface area contributed by atoms with Crippen molar-refractivity contribution in [3.05, 3.63) is 0 Å². The van der Waals surface area contributed by atoms with E-state index in [9.17, 15) is 0 Å². The molecule has 0 aromatic carbocycles. The van der Waals surface area contributed by atoms with Gasteiger partial charge in [0.05, 0.1) is 0 Å². The van der Waals surface area contributed by atoms with Gasteiger partial charge in [-0.1, -0.05) is 34.1 Å². The molecule has 2 heteroatoms. The first-order chi connectivity index (χ1) is 6.70. The number of hydrogen-bond donors (Lipinski definition) is 1. The Morgan fingerprint density at radius 3 is 1.79 bits per heavy atom. The minimum atomic E-state index is 0.789. The van der Waals surface area contributed by atoms with Gasteiger partial charge >= 0.3 is 0 Å². The van der Waals surface area contributed by atoms with Crippen LogP contribution in [0.4, 0.5) is 0 Å². The lowest BCUT2D eigenvalue weighted by atomic mass is 10.4. The standard InChI is InChI=1S/C7H14N2.C3H8.C2H6/c1-7(8)6-9-4-2-3-5-9;1-3-2;1-2/h8H,2-6H2,1H3;3H2,1-2H3;1-2H3. The zero-order chi connectivity index (χ0) is 11.4. The van der Waals surface area contributed by atoms with Crippen molar-refractivity contribution in [2.24, 2.45) is 0 Å². The van der Waals surface area contributed by atoms with E-state index in [1.807, 2.05) is 20.8 Å². The smallest absolute Gasteiger partial charge is 0.0357 e. The molecule has 1 heterocycles. The third-order valence-corrected chi connectivity index (χ3v) is 1.66. The minimum absolute atomic E-state index is 0.789. The summed E-state index contributed by atoms with van der Waals surface area (Å²) in [6.07, 6.45) is 3.90. The van der Waals surface area contributed by atoms with Crippen molar-refractivity contribution in [1.82, 2.24) is 4.90 Å². The van der Waals surface area contributed by atoms with Crippen molar-refractivity contribution in [3.63, 3.8) is 0 Å². The molecule has 0 aromatic rings. The quantitative estimate of drug-likeness (QED) is 0.678. The summed E-state index contributed by atoms with van der Waals surface area (Å²) in [5.74, 6) is 0. The van der Waals surface area contributed by atoms with E-state index in [4.69, 9.17) is 5.41 Å². The number of nitrogens with zero attached hydrogens (tertiary/aromatic N) is 1. The molecule has 0 saturated carbocycles. The van der Waals surface area contributed by atoms with Crippen molar-refractivity contribution in [2.45, 2.75) is 53.9 Å². The van der Waals surface area contributed by atoms with Crippen molar-refractivity contribution < 1.29 is 0 Å². The molecular weight excluding hydrogens is 172 g/mol. The van der Waals surface area contributed by atoms with Crippen molar-refractivity contribution in [2.75, 3.05) is 19.6 Å². The second-order valence-electron chi connectivity index (χ2n) is 3.47. The zero-order valence-corrected chi connectivity index (χ0v) is 10.7. The van der Waals surface area contributed by atoms with E-state index in [0.29, 0.717) is 0 Å². The van der Waals surface area contributed by atoms with Crippen molar-refractivity contribution in [3.8, 4) is 0 Å². The molecule has 0 unspecified atom stereocenters. The average Bonchev–Trinajstić information content (AvgIpc) is 2.61. The topological polar surface area (TPSA) is 27.1 Å². The Hall–Kier alpha value is -0.370. The maximum atomic E-state index is 7.22. The highest BCUT2D eigenvalue weighted by molar-refractivity contribution is 5.80. The third-order valence-electron chi connectivity index (χ3n) is 1.66. The highest BCUT2D eigenvalue weighted by Gasteiger charge is 2.10. The van der Waals surface area contributed by atoms with Crippen LogP contribution >= 0.6 is 0 Å². The average molecular weight is 200 g/mol. The number of nitrogens with one attached hydrogen (secondary N) is 1. The largest absolute Gasteiger partial charge is 0.309 e. The van der Waals surface area contributed by atoms with E-state index < -0.39 is 0 Å². The van der Waals surface area contributed by atoms with Gasteiger partial charge in [0.15, 0.2) is 0 Å². The molecule has 0 spiro atoms. The summed E-state index contributed by atoms with van der Waals surface area (Å²) in [4.78, 5) is 2.34. The van der Waals surface area contributed by atoms with Crippen LogP contribution in [0.15, 0.2) is 0 Å². The molecule has 0 amide bonds. The lowest BCUT2D eigenvalue weighted by Gasteiger charge is -2.11. The van der Waals surface area contributed by atoms with Crippen LogP contribution in [-0.4, -0.2) is 30.2 Å². The molecule has 1 saturated heterocycles. The predicted molar refractivity (Wildman–Crippen MR) is 66.4 cm³/mol. The summed E-state index contributed by atoms with van der Waals surface area (Å²) in [5.41, 5.74) is 0.789. The molecule has 0 atom stereocenters. The normalized spacial score (nSPS) is 14.9. The molecule has 0 bridgehead atoms. The van der Waals surface area contributed by atoms with E-state index in [-0.39, 0.29) is 0 Å². The van der Waals surface area contributed by atoms with Gasteiger partial charge in [-0.25, -0.2) is 0 Å². The highest BCUT2D eigenvalue weighted by atomic mass is 15.1. The fourth-order valence-corrected chi connectivity index (χ4v) is 1.28. The first-order valence-corrected chi connectivity index (χ1v) is 5.97. The predicted octanol–water partition coefficient (Wildman–Crippen LogP) is 3.56. The SMILES string of the molecule is CC.CC(=N)CN1CCCC1.CCC. The van der Waals surface area contributed by atoms with E-state index in [1.54, 1.807) is 0 Å². The van der Waals surface area contributed by atoms with Gasteiger partial charge in [-0.3, -0.25) is 4.90 Å². The Balaban J connectivity index is 0. The van der Waals surface area contributed by atoms with Gasteiger partial charge in [0, 0.05) is 12.3 Å². The van der Waals surface area contributed by atoms with Gasteiger partial charge < -0.3 is 5.41 Å². The Morgan fingerprint density at radius 2 is 1.50 bits per heavy atom. The van der Waals surface area contributed by atoms with Gasteiger partial charge in [-0.2, -0.15) is 0 Å². The fraction of sp³-hybridized carbons (Fsp3) is 0.917. The molecule has 14 heavy (non-hydrogen) atoms. The second kappa shape index (κ2) is 12.6.